The molecule has 2 aromatic rings. The van der Waals surface area contributed by atoms with E-state index in [4.69, 9.17) is 9.15 Å². The third-order valence-corrected chi connectivity index (χ3v) is 5.61. The molecule has 0 saturated heterocycles. The van der Waals surface area contributed by atoms with Gasteiger partial charge in [-0.05, 0) is 56.7 Å². The lowest BCUT2D eigenvalue weighted by Crippen LogP contribution is -2.52. The molecule has 1 aromatic carbocycles. The van der Waals surface area contributed by atoms with Crippen molar-refractivity contribution < 1.29 is 32.2 Å². The fourth-order valence-electron chi connectivity index (χ4n) is 3.96. The van der Waals surface area contributed by atoms with Gasteiger partial charge in [-0.15, -0.1) is 0 Å². The lowest BCUT2D eigenvalue weighted by Gasteiger charge is -2.36. The predicted octanol–water partition coefficient (Wildman–Crippen LogP) is 4.00. The Morgan fingerprint density at radius 3 is 2.62 bits per heavy atom. The van der Waals surface area contributed by atoms with Gasteiger partial charge in [0, 0.05) is 12.5 Å². The van der Waals surface area contributed by atoms with Crippen LogP contribution in [0.15, 0.2) is 22.6 Å². The van der Waals surface area contributed by atoms with Gasteiger partial charge in [0.15, 0.2) is 0 Å². The molecule has 0 aliphatic heterocycles. The van der Waals surface area contributed by atoms with Crippen molar-refractivity contribution in [3.8, 4) is 0 Å². The highest BCUT2D eigenvalue weighted by Gasteiger charge is 2.47. The highest BCUT2D eigenvalue weighted by Crippen LogP contribution is 2.46. The van der Waals surface area contributed by atoms with E-state index in [0.717, 1.165) is 5.56 Å². The van der Waals surface area contributed by atoms with E-state index in [-0.39, 0.29) is 32.0 Å². The number of aliphatic hydroxyl groups excluding tert-OH is 1. The zero-order valence-corrected chi connectivity index (χ0v) is 16.7. The fourth-order valence-corrected chi connectivity index (χ4v) is 3.96. The molecule has 1 heterocycles. The number of hydrogen-bond acceptors (Lipinski definition) is 4. The number of furan rings is 1. The zero-order chi connectivity index (χ0) is 21.4. The molecular weight excluding hydrogens is 387 g/mol. The summed E-state index contributed by atoms with van der Waals surface area (Å²) in [6.07, 6.45) is -3.29. The Morgan fingerprint density at radius 2 is 2.03 bits per heavy atom. The molecule has 1 fully saturated rings. The van der Waals surface area contributed by atoms with Crippen LogP contribution >= 0.6 is 0 Å². The molecule has 2 N–H and O–H groups in total. The number of fused-ring (bicyclic) bond motifs is 1. The van der Waals surface area contributed by atoms with Crippen molar-refractivity contribution in [2.75, 3.05) is 20.3 Å². The summed E-state index contributed by atoms with van der Waals surface area (Å²) in [5.74, 6) is -1.17. The summed E-state index contributed by atoms with van der Waals surface area (Å²) in [5, 5.41) is 13.0. The molecule has 8 heteroatoms. The maximum Gasteiger partial charge on any atom is 0.391 e. The molecule has 29 heavy (non-hydrogen) atoms. The van der Waals surface area contributed by atoms with Gasteiger partial charge in [-0.1, -0.05) is 6.07 Å². The van der Waals surface area contributed by atoms with E-state index in [1.165, 1.54) is 7.11 Å². The number of carbonyl (C=O) groups is 1. The zero-order valence-electron chi connectivity index (χ0n) is 16.7. The van der Waals surface area contributed by atoms with Crippen molar-refractivity contribution in [1.82, 2.24) is 5.32 Å². The van der Waals surface area contributed by atoms with Crippen LogP contribution in [0.3, 0.4) is 0 Å². The number of nitrogens with one attached hydrogen (secondary N) is 1. The lowest BCUT2D eigenvalue weighted by molar-refractivity contribution is -0.204. The first kappa shape index (κ1) is 21.6. The maximum absolute atomic E-state index is 12.9. The third-order valence-electron chi connectivity index (χ3n) is 5.61. The highest BCUT2D eigenvalue weighted by atomic mass is 19.4. The second-order valence-corrected chi connectivity index (χ2v) is 8.25. The number of alkyl halides is 3. The average Bonchev–Trinajstić information content (AvgIpc) is 2.91. The van der Waals surface area contributed by atoms with Crippen LogP contribution in [0.1, 0.15) is 41.4 Å². The van der Waals surface area contributed by atoms with Crippen molar-refractivity contribution in [1.29, 1.82) is 0 Å². The molecule has 0 bridgehead atoms. The number of ether oxygens (including phenoxy) is 1. The quantitative estimate of drug-likeness (QED) is 0.720. The lowest BCUT2D eigenvalue weighted by atomic mass is 9.72. The minimum atomic E-state index is -4.12. The molecule has 1 aliphatic rings. The molecule has 1 saturated carbocycles. The van der Waals surface area contributed by atoms with Gasteiger partial charge in [0.1, 0.15) is 11.3 Å². The SMILES string of the molecule is COCC(C)(CO)NC(=O)c1c(C)oc2ccc(CC3CC(C(F)(F)F)C3)cc12. The van der Waals surface area contributed by atoms with Crippen LogP contribution in [0.25, 0.3) is 11.0 Å². The van der Waals surface area contributed by atoms with Crippen LogP contribution in [0.5, 0.6) is 0 Å². The van der Waals surface area contributed by atoms with Crippen molar-refractivity contribution in [2.45, 2.75) is 44.8 Å². The summed E-state index contributed by atoms with van der Waals surface area (Å²) >= 11 is 0. The minimum absolute atomic E-state index is 0.0104. The van der Waals surface area contributed by atoms with Crippen molar-refractivity contribution >= 4 is 16.9 Å². The normalized spacial score (nSPS) is 21.6. The third kappa shape index (κ3) is 4.59. The van der Waals surface area contributed by atoms with Crippen LogP contribution < -0.4 is 5.32 Å². The largest absolute Gasteiger partial charge is 0.461 e. The standard InChI is InChI=1S/C21H26F3NO4/c1-12-18(19(27)25-20(2,10-26)11-28-3)16-9-13(4-5-17(16)29-12)6-14-7-15(8-14)21(22,23)24/h4-5,9,14-15,26H,6-8,10-11H2,1-3H3,(H,25,27). The molecule has 5 nitrogen and oxygen atoms in total. The highest BCUT2D eigenvalue weighted by molar-refractivity contribution is 6.07. The second-order valence-electron chi connectivity index (χ2n) is 8.25. The number of aryl methyl sites for hydroxylation is 1. The number of carbonyl (C=O) groups excluding carboxylic acids is 1. The Balaban J connectivity index is 1.79. The van der Waals surface area contributed by atoms with E-state index in [1.807, 2.05) is 12.1 Å². The Hall–Kier alpha value is -2.06. The summed E-state index contributed by atoms with van der Waals surface area (Å²) in [7, 11) is 1.48. The van der Waals surface area contributed by atoms with Gasteiger partial charge in [0.05, 0.1) is 30.2 Å². The number of hydrogen-bond donors (Lipinski definition) is 2. The van der Waals surface area contributed by atoms with Crippen LogP contribution in [0, 0.1) is 18.8 Å². The summed E-state index contributed by atoms with van der Waals surface area (Å²) in [5.41, 5.74) is 0.827. The summed E-state index contributed by atoms with van der Waals surface area (Å²) < 4.78 is 48.9. The molecular formula is C21H26F3NO4. The number of aliphatic hydroxyl groups is 1. The van der Waals surface area contributed by atoms with E-state index in [2.05, 4.69) is 5.32 Å². The van der Waals surface area contributed by atoms with Crippen LogP contribution in [0.2, 0.25) is 0 Å². The van der Waals surface area contributed by atoms with Gasteiger partial charge < -0.3 is 19.6 Å². The summed E-state index contributed by atoms with van der Waals surface area (Å²) in [4.78, 5) is 12.9. The summed E-state index contributed by atoms with van der Waals surface area (Å²) in [6.45, 7) is 3.19. The van der Waals surface area contributed by atoms with Crippen molar-refractivity contribution in [3.63, 3.8) is 0 Å². The maximum atomic E-state index is 12.9. The first-order valence-corrected chi connectivity index (χ1v) is 9.57. The van der Waals surface area contributed by atoms with Gasteiger partial charge in [-0.2, -0.15) is 13.2 Å². The van der Waals surface area contributed by atoms with Crippen molar-refractivity contribution in [2.24, 2.45) is 11.8 Å². The molecule has 1 aliphatic carbocycles. The van der Waals surface area contributed by atoms with Crippen LogP contribution in [-0.4, -0.2) is 43.1 Å². The van der Waals surface area contributed by atoms with Crippen LogP contribution in [0.4, 0.5) is 13.2 Å². The molecule has 1 atom stereocenters. The number of amides is 1. The van der Waals surface area contributed by atoms with Gasteiger partial charge >= 0.3 is 6.18 Å². The van der Waals surface area contributed by atoms with E-state index in [1.54, 1.807) is 19.9 Å². The Bertz CT molecular complexity index is 886. The second kappa shape index (κ2) is 7.99. The number of halogens is 3. The molecule has 3 rings (SSSR count). The minimum Gasteiger partial charge on any atom is -0.461 e. The van der Waals surface area contributed by atoms with Crippen molar-refractivity contribution in [3.05, 3.63) is 35.1 Å². The first-order valence-electron chi connectivity index (χ1n) is 9.57. The van der Waals surface area contributed by atoms with E-state index < -0.39 is 23.5 Å². The van der Waals surface area contributed by atoms with Gasteiger partial charge in [-0.25, -0.2) is 0 Å². The Morgan fingerprint density at radius 1 is 1.34 bits per heavy atom. The number of rotatable bonds is 7. The van der Waals surface area contributed by atoms with Gasteiger partial charge in [0.25, 0.3) is 5.91 Å². The summed E-state index contributed by atoms with van der Waals surface area (Å²) in [6, 6.07) is 5.39. The molecule has 1 amide bonds. The monoisotopic (exact) mass is 413 g/mol. The van der Waals surface area contributed by atoms with E-state index in [0.29, 0.717) is 28.7 Å². The number of benzene rings is 1. The predicted molar refractivity (Wildman–Crippen MR) is 102 cm³/mol. The Labute approximate surface area is 167 Å². The topological polar surface area (TPSA) is 71.7 Å². The van der Waals surface area contributed by atoms with Crippen LogP contribution in [-0.2, 0) is 11.2 Å². The molecule has 0 spiro atoms. The molecule has 1 unspecified atom stereocenters. The van der Waals surface area contributed by atoms with Gasteiger partial charge in [-0.3, -0.25) is 4.79 Å². The molecule has 160 valence electrons. The average molecular weight is 413 g/mol. The first-order chi connectivity index (χ1) is 13.6. The smallest absolute Gasteiger partial charge is 0.391 e. The van der Waals surface area contributed by atoms with Gasteiger partial charge in [0.2, 0.25) is 0 Å². The van der Waals surface area contributed by atoms with E-state index >= 15 is 0 Å². The molecule has 1 aromatic heterocycles. The Kier molecular flexibility index (Phi) is 5.96. The molecule has 0 radical (unpaired) electrons. The number of methoxy groups -OCH3 is 1. The fraction of sp³-hybridized carbons (Fsp3) is 0.571. The van der Waals surface area contributed by atoms with E-state index in [9.17, 15) is 23.1 Å².